The molecule has 0 atom stereocenters. The lowest BCUT2D eigenvalue weighted by atomic mass is 10.1. The average molecular weight is 431 g/mol. The molecule has 3 aromatic rings. The fraction of sp³-hybridized carbons (Fsp3) is 0.0952. The average Bonchev–Trinajstić information content (AvgIpc) is 2.68. The van der Waals surface area contributed by atoms with Crippen molar-refractivity contribution in [3.8, 4) is 5.75 Å². The minimum Gasteiger partial charge on any atom is -0.495 e. The standard InChI is InChI=1S/C21H19ClN2O4S/c1-14-8-9-15(21(25)23-17-10-11-19(28-2)18(22)13-17)12-20(14)29(26,27)24-16-6-4-3-5-7-16/h3-13,24H,1-2H3,(H,23,25). The topological polar surface area (TPSA) is 84.5 Å². The highest BCUT2D eigenvalue weighted by molar-refractivity contribution is 7.92. The number of rotatable bonds is 6. The molecular weight excluding hydrogens is 412 g/mol. The summed E-state index contributed by atoms with van der Waals surface area (Å²) in [5.74, 6) is 0.0303. The van der Waals surface area contributed by atoms with Gasteiger partial charge in [-0.15, -0.1) is 0 Å². The maximum atomic E-state index is 12.8. The zero-order valence-corrected chi connectivity index (χ0v) is 17.3. The number of amides is 1. The Morgan fingerprint density at radius 1 is 0.966 bits per heavy atom. The molecule has 0 unspecified atom stereocenters. The Kier molecular flexibility index (Phi) is 6.10. The summed E-state index contributed by atoms with van der Waals surface area (Å²) in [4.78, 5) is 12.7. The summed E-state index contributed by atoms with van der Waals surface area (Å²) in [7, 11) is -2.36. The molecule has 2 N–H and O–H groups in total. The van der Waals surface area contributed by atoms with E-state index < -0.39 is 15.9 Å². The molecule has 0 fully saturated rings. The van der Waals surface area contributed by atoms with Crippen LogP contribution in [0.15, 0.2) is 71.6 Å². The number of carbonyl (C=O) groups is 1. The van der Waals surface area contributed by atoms with Gasteiger partial charge in [0.15, 0.2) is 0 Å². The second-order valence-corrected chi connectivity index (χ2v) is 8.31. The number of nitrogens with one attached hydrogen (secondary N) is 2. The molecule has 3 rings (SSSR count). The van der Waals surface area contributed by atoms with Gasteiger partial charge in [0.2, 0.25) is 0 Å². The van der Waals surface area contributed by atoms with E-state index in [9.17, 15) is 13.2 Å². The minimum atomic E-state index is -3.86. The van der Waals surface area contributed by atoms with E-state index in [0.29, 0.717) is 27.7 Å². The molecule has 3 aromatic carbocycles. The van der Waals surface area contributed by atoms with Crippen molar-refractivity contribution in [3.05, 3.63) is 82.9 Å². The molecule has 150 valence electrons. The molecule has 0 spiro atoms. The van der Waals surface area contributed by atoms with Crippen LogP contribution < -0.4 is 14.8 Å². The summed E-state index contributed by atoms with van der Waals surface area (Å²) in [5.41, 5.74) is 1.64. The molecule has 0 aromatic heterocycles. The van der Waals surface area contributed by atoms with E-state index in [1.54, 1.807) is 67.6 Å². The van der Waals surface area contributed by atoms with Crippen molar-refractivity contribution in [2.24, 2.45) is 0 Å². The molecule has 0 aliphatic carbocycles. The zero-order chi connectivity index (χ0) is 21.0. The highest BCUT2D eigenvalue weighted by Crippen LogP contribution is 2.28. The maximum absolute atomic E-state index is 12.8. The monoisotopic (exact) mass is 430 g/mol. The molecule has 8 heteroatoms. The SMILES string of the molecule is COc1ccc(NC(=O)c2ccc(C)c(S(=O)(=O)Nc3ccccc3)c2)cc1Cl. The third kappa shape index (κ3) is 4.88. The first-order valence-electron chi connectivity index (χ1n) is 8.63. The van der Waals surface area contributed by atoms with E-state index in [-0.39, 0.29) is 10.5 Å². The molecule has 0 radical (unpaired) electrons. The molecule has 0 aliphatic rings. The van der Waals surface area contributed by atoms with E-state index in [1.807, 2.05) is 0 Å². The summed E-state index contributed by atoms with van der Waals surface area (Å²) in [6.07, 6.45) is 0. The van der Waals surface area contributed by atoms with Crippen LogP contribution in [0.3, 0.4) is 0 Å². The lowest BCUT2D eigenvalue weighted by Gasteiger charge is -2.12. The second-order valence-electron chi connectivity index (χ2n) is 6.26. The van der Waals surface area contributed by atoms with Crippen LogP contribution in [0.4, 0.5) is 11.4 Å². The van der Waals surface area contributed by atoms with Gasteiger partial charge in [0.25, 0.3) is 15.9 Å². The van der Waals surface area contributed by atoms with Gasteiger partial charge in [-0.3, -0.25) is 9.52 Å². The van der Waals surface area contributed by atoms with E-state index in [1.165, 1.54) is 13.2 Å². The fourth-order valence-electron chi connectivity index (χ4n) is 2.69. The van der Waals surface area contributed by atoms with Gasteiger partial charge in [-0.05, 0) is 55.0 Å². The molecule has 1 amide bonds. The Morgan fingerprint density at radius 2 is 1.69 bits per heavy atom. The van der Waals surface area contributed by atoms with Crippen molar-refractivity contribution in [3.63, 3.8) is 0 Å². The van der Waals surface area contributed by atoms with Crippen LogP contribution in [0.5, 0.6) is 5.75 Å². The first kappa shape index (κ1) is 20.7. The highest BCUT2D eigenvalue weighted by Gasteiger charge is 2.19. The number of methoxy groups -OCH3 is 1. The number of carbonyl (C=O) groups excluding carboxylic acids is 1. The Labute approximate surface area is 174 Å². The minimum absolute atomic E-state index is 0.0294. The van der Waals surface area contributed by atoms with Crippen molar-refractivity contribution < 1.29 is 17.9 Å². The smallest absolute Gasteiger partial charge is 0.262 e. The summed E-state index contributed by atoms with van der Waals surface area (Å²) in [6, 6.07) is 17.9. The normalized spacial score (nSPS) is 11.0. The van der Waals surface area contributed by atoms with Crippen LogP contribution in [0, 0.1) is 6.92 Å². The van der Waals surface area contributed by atoms with Crippen molar-refractivity contribution in [2.45, 2.75) is 11.8 Å². The Morgan fingerprint density at radius 3 is 2.34 bits per heavy atom. The van der Waals surface area contributed by atoms with Crippen molar-refractivity contribution in [1.82, 2.24) is 0 Å². The van der Waals surface area contributed by atoms with Gasteiger partial charge in [-0.2, -0.15) is 0 Å². The van der Waals surface area contributed by atoms with Crippen LogP contribution in [-0.4, -0.2) is 21.4 Å². The maximum Gasteiger partial charge on any atom is 0.262 e. The van der Waals surface area contributed by atoms with E-state index in [2.05, 4.69) is 10.0 Å². The van der Waals surface area contributed by atoms with Crippen LogP contribution in [0.2, 0.25) is 5.02 Å². The predicted octanol–water partition coefficient (Wildman–Crippen LogP) is 4.71. The van der Waals surface area contributed by atoms with Gasteiger partial charge in [0.1, 0.15) is 5.75 Å². The van der Waals surface area contributed by atoms with Gasteiger partial charge < -0.3 is 10.1 Å². The van der Waals surface area contributed by atoms with E-state index >= 15 is 0 Å². The quantitative estimate of drug-likeness (QED) is 0.593. The van der Waals surface area contributed by atoms with Crippen molar-refractivity contribution >= 4 is 38.9 Å². The second kappa shape index (κ2) is 8.55. The van der Waals surface area contributed by atoms with Gasteiger partial charge in [-0.1, -0.05) is 35.9 Å². The first-order valence-corrected chi connectivity index (χ1v) is 10.5. The van der Waals surface area contributed by atoms with Crippen molar-refractivity contribution in [2.75, 3.05) is 17.1 Å². The molecule has 29 heavy (non-hydrogen) atoms. The number of sulfonamides is 1. The molecular formula is C21H19ClN2O4S. The molecule has 0 heterocycles. The number of aryl methyl sites for hydroxylation is 1. The van der Waals surface area contributed by atoms with Gasteiger partial charge in [-0.25, -0.2) is 8.42 Å². The molecule has 6 nitrogen and oxygen atoms in total. The highest BCUT2D eigenvalue weighted by atomic mass is 35.5. The Hall–Kier alpha value is -3.03. The third-order valence-electron chi connectivity index (χ3n) is 4.18. The molecule has 0 aliphatic heterocycles. The number of halogens is 1. The first-order chi connectivity index (χ1) is 13.8. The number of para-hydroxylation sites is 1. The van der Waals surface area contributed by atoms with Crippen LogP contribution in [0.1, 0.15) is 15.9 Å². The van der Waals surface area contributed by atoms with Gasteiger partial charge in [0, 0.05) is 16.9 Å². The van der Waals surface area contributed by atoms with Gasteiger partial charge >= 0.3 is 0 Å². The number of anilines is 2. The summed E-state index contributed by atoms with van der Waals surface area (Å²) >= 11 is 6.08. The molecule has 0 bridgehead atoms. The Balaban J connectivity index is 1.86. The fourth-order valence-corrected chi connectivity index (χ4v) is 4.28. The molecule has 0 saturated heterocycles. The number of hydrogen-bond acceptors (Lipinski definition) is 4. The number of ether oxygens (including phenoxy) is 1. The predicted molar refractivity (Wildman–Crippen MR) is 114 cm³/mol. The largest absolute Gasteiger partial charge is 0.495 e. The number of benzene rings is 3. The summed E-state index contributed by atoms with van der Waals surface area (Å²) in [5, 5.41) is 3.06. The van der Waals surface area contributed by atoms with E-state index in [4.69, 9.17) is 16.3 Å². The van der Waals surface area contributed by atoms with Crippen LogP contribution >= 0.6 is 11.6 Å². The van der Waals surface area contributed by atoms with Crippen LogP contribution in [-0.2, 0) is 10.0 Å². The zero-order valence-electron chi connectivity index (χ0n) is 15.8. The number of hydrogen-bond donors (Lipinski definition) is 2. The lowest BCUT2D eigenvalue weighted by Crippen LogP contribution is -2.17. The third-order valence-corrected chi connectivity index (χ3v) is 5.99. The van der Waals surface area contributed by atoms with Crippen LogP contribution in [0.25, 0.3) is 0 Å². The molecule has 0 saturated carbocycles. The summed E-state index contributed by atoms with van der Waals surface area (Å²) in [6.45, 7) is 1.67. The lowest BCUT2D eigenvalue weighted by molar-refractivity contribution is 0.102. The van der Waals surface area contributed by atoms with Gasteiger partial charge in [0.05, 0.1) is 17.0 Å². The summed E-state index contributed by atoms with van der Waals surface area (Å²) < 4.78 is 33.2. The van der Waals surface area contributed by atoms with Crippen molar-refractivity contribution in [1.29, 1.82) is 0 Å². The Bertz CT molecular complexity index is 1150. The van der Waals surface area contributed by atoms with E-state index in [0.717, 1.165) is 0 Å².